The molecule has 6 nitrogen and oxygen atoms in total. The summed E-state index contributed by atoms with van der Waals surface area (Å²) in [6, 6.07) is 13.9. The molecule has 0 aliphatic heterocycles. The van der Waals surface area contributed by atoms with E-state index >= 15 is 0 Å². The molecule has 1 heterocycles. The fourth-order valence-corrected chi connectivity index (χ4v) is 3.04. The fourth-order valence-electron chi connectivity index (χ4n) is 3.04. The van der Waals surface area contributed by atoms with Crippen molar-refractivity contribution in [3.8, 4) is 5.69 Å². The van der Waals surface area contributed by atoms with E-state index in [0.29, 0.717) is 17.8 Å². The average molecular weight is 395 g/mol. The Balaban J connectivity index is 1.63. The number of aromatic nitrogens is 2. The van der Waals surface area contributed by atoms with Gasteiger partial charge in [-0.3, -0.25) is 23.5 Å². The van der Waals surface area contributed by atoms with Gasteiger partial charge in [-0.05, 0) is 43.0 Å². The Morgan fingerprint density at radius 1 is 1.03 bits per heavy atom. The molecular formula is C22H22FN3O3. The fraction of sp³-hybridized carbons (Fsp3) is 0.227. The molecule has 0 aliphatic carbocycles. The molecule has 0 atom stereocenters. The van der Waals surface area contributed by atoms with Gasteiger partial charge < -0.3 is 5.32 Å². The van der Waals surface area contributed by atoms with Gasteiger partial charge in [0, 0.05) is 18.9 Å². The molecule has 1 amide bonds. The van der Waals surface area contributed by atoms with Crippen LogP contribution < -0.4 is 16.4 Å². The van der Waals surface area contributed by atoms with Crippen LogP contribution in [0.3, 0.4) is 0 Å². The molecule has 150 valence electrons. The van der Waals surface area contributed by atoms with Crippen molar-refractivity contribution in [2.75, 3.05) is 6.54 Å². The second-order valence-corrected chi connectivity index (χ2v) is 6.78. The number of halogens is 1. The van der Waals surface area contributed by atoms with Crippen LogP contribution in [-0.4, -0.2) is 21.6 Å². The van der Waals surface area contributed by atoms with E-state index in [0.717, 1.165) is 22.0 Å². The Morgan fingerprint density at radius 2 is 1.79 bits per heavy atom. The summed E-state index contributed by atoms with van der Waals surface area (Å²) in [6.45, 7) is 1.94. The summed E-state index contributed by atoms with van der Waals surface area (Å²) in [6.07, 6.45) is 4.33. The first-order valence-electron chi connectivity index (χ1n) is 9.35. The maximum absolute atomic E-state index is 13.5. The van der Waals surface area contributed by atoms with Crippen molar-refractivity contribution in [3.63, 3.8) is 0 Å². The topological polar surface area (TPSA) is 73.1 Å². The average Bonchev–Trinajstić information content (AvgIpc) is 2.72. The number of hydrogen-bond acceptors (Lipinski definition) is 3. The zero-order chi connectivity index (χ0) is 20.8. The first-order valence-corrected chi connectivity index (χ1v) is 9.35. The molecule has 0 fully saturated rings. The van der Waals surface area contributed by atoms with Crippen LogP contribution in [0.4, 0.5) is 4.39 Å². The Labute approximate surface area is 167 Å². The van der Waals surface area contributed by atoms with E-state index in [4.69, 9.17) is 0 Å². The van der Waals surface area contributed by atoms with Crippen molar-refractivity contribution >= 4 is 5.91 Å². The summed E-state index contributed by atoms with van der Waals surface area (Å²) in [5, 5.41) is 2.75. The second-order valence-electron chi connectivity index (χ2n) is 6.78. The summed E-state index contributed by atoms with van der Waals surface area (Å²) in [5.74, 6) is -0.851. The van der Waals surface area contributed by atoms with Crippen LogP contribution in [0.2, 0.25) is 0 Å². The highest BCUT2D eigenvalue weighted by Gasteiger charge is 2.11. The quantitative estimate of drug-likeness (QED) is 0.492. The molecule has 0 spiro atoms. The largest absolute Gasteiger partial charge is 0.355 e. The summed E-state index contributed by atoms with van der Waals surface area (Å²) in [4.78, 5) is 36.9. The lowest BCUT2D eigenvalue weighted by Gasteiger charge is -2.11. The molecule has 0 bridgehead atoms. The molecule has 1 N–H and O–H groups in total. The standard InChI is InChI=1S/C22H22FN3O3/c1-16-9-10-18(23)14-19(16)26-13-12-25(21(28)22(26)29)15-20(27)24-11-5-8-17-6-3-2-4-7-17/h2-4,6-7,9-10,12-14H,5,8,11,15H2,1H3,(H,24,27). The SMILES string of the molecule is Cc1ccc(F)cc1-n1ccn(CC(=O)NCCCc2ccccc2)c(=O)c1=O. The maximum atomic E-state index is 13.5. The lowest BCUT2D eigenvalue weighted by atomic mass is 10.1. The van der Waals surface area contributed by atoms with E-state index in [2.05, 4.69) is 5.32 Å². The highest BCUT2D eigenvalue weighted by Crippen LogP contribution is 2.13. The molecular weight excluding hydrogens is 373 g/mol. The Bertz CT molecular complexity index is 1120. The van der Waals surface area contributed by atoms with Gasteiger partial charge in [0.05, 0.1) is 5.69 Å². The lowest BCUT2D eigenvalue weighted by molar-refractivity contribution is -0.121. The first-order chi connectivity index (χ1) is 14.0. The van der Waals surface area contributed by atoms with Crippen molar-refractivity contribution in [1.82, 2.24) is 14.5 Å². The first kappa shape index (κ1) is 20.3. The van der Waals surface area contributed by atoms with Gasteiger partial charge in [0.15, 0.2) is 0 Å². The summed E-state index contributed by atoms with van der Waals surface area (Å²) in [5.41, 5.74) is 0.467. The van der Waals surface area contributed by atoms with Crippen molar-refractivity contribution in [1.29, 1.82) is 0 Å². The van der Waals surface area contributed by atoms with Crippen LogP contribution in [0.25, 0.3) is 5.69 Å². The van der Waals surface area contributed by atoms with Crippen LogP contribution >= 0.6 is 0 Å². The predicted octanol–water partition coefficient (Wildman–Crippen LogP) is 2.20. The van der Waals surface area contributed by atoms with Gasteiger partial charge in [-0.2, -0.15) is 0 Å². The number of hydrogen-bond donors (Lipinski definition) is 1. The normalized spacial score (nSPS) is 10.7. The number of benzene rings is 2. The molecule has 29 heavy (non-hydrogen) atoms. The van der Waals surface area contributed by atoms with Gasteiger partial charge in [-0.1, -0.05) is 36.4 Å². The van der Waals surface area contributed by atoms with Crippen LogP contribution in [0.1, 0.15) is 17.5 Å². The van der Waals surface area contributed by atoms with Crippen molar-refractivity contribution < 1.29 is 9.18 Å². The van der Waals surface area contributed by atoms with Gasteiger partial charge in [0.2, 0.25) is 5.91 Å². The summed E-state index contributed by atoms with van der Waals surface area (Å²) < 4.78 is 15.7. The lowest BCUT2D eigenvalue weighted by Crippen LogP contribution is -2.42. The Hall–Kier alpha value is -3.48. The van der Waals surface area contributed by atoms with E-state index in [1.54, 1.807) is 6.92 Å². The minimum absolute atomic E-state index is 0.248. The molecule has 3 aromatic rings. The molecule has 0 unspecified atom stereocenters. The number of rotatable bonds is 7. The minimum Gasteiger partial charge on any atom is -0.355 e. The zero-order valence-corrected chi connectivity index (χ0v) is 16.1. The number of nitrogens with one attached hydrogen (secondary N) is 1. The van der Waals surface area contributed by atoms with Crippen molar-refractivity contribution in [3.05, 3.63) is 98.6 Å². The maximum Gasteiger partial charge on any atom is 0.320 e. The third kappa shape index (κ3) is 5.07. The molecule has 1 aromatic heterocycles. The smallest absolute Gasteiger partial charge is 0.320 e. The Morgan fingerprint density at radius 3 is 2.55 bits per heavy atom. The molecule has 0 saturated carbocycles. The van der Waals surface area contributed by atoms with Crippen molar-refractivity contribution in [2.24, 2.45) is 0 Å². The highest BCUT2D eigenvalue weighted by atomic mass is 19.1. The van der Waals surface area contributed by atoms with Gasteiger partial charge in [-0.15, -0.1) is 0 Å². The monoisotopic (exact) mass is 395 g/mol. The highest BCUT2D eigenvalue weighted by molar-refractivity contribution is 5.75. The van der Waals surface area contributed by atoms with E-state index in [-0.39, 0.29) is 12.5 Å². The van der Waals surface area contributed by atoms with Gasteiger partial charge in [0.25, 0.3) is 0 Å². The molecule has 2 aromatic carbocycles. The number of carbonyl (C=O) groups excluding carboxylic acids is 1. The van der Waals surface area contributed by atoms with Gasteiger partial charge in [-0.25, -0.2) is 4.39 Å². The predicted molar refractivity (Wildman–Crippen MR) is 109 cm³/mol. The number of nitrogens with zero attached hydrogens (tertiary/aromatic N) is 2. The van der Waals surface area contributed by atoms with Crippen molar-refractivity contribution in [2.45, 2.75) is 26.3 Å². The van der Waals surface area contributed by atoms with E-state index in [9.17, 15) is 18.8 Å². The van der Waals surface area contributed by atoms with E-state index in [1.807, 2.05) is 30.3 Å². The molecule has 0 radical (unpaired) electrons. The summed E-state index contributed by atoms with van der Waals surface area (Å²) in [7, 11) is 0. The van der Waals surface area contributed by atoms with Crippen LogP contribution in [-0.2, 0) is 17.8 Å². The zero-order valence-electron chi connectivity index (χ0n) is 16.1. The van der Waals surface area contributed by atoms with E-state index < -0.39 is 16.9 Å². The molecule has 3 rings (SSSR count). The molecule has 0 saturated heterocycles. The van der Waals surface area contributed by atoms with Gasteiger partial charge >= 0.3 is 11.1 Å². The van der Waals surface area contributed by atoms with Crippen LogP contribution in [0.15, 0.2) is 70.5 Å². The second kappa shape index (κ2) is 9.14. The summed E-state index contributed by atoms with van der Waals surface area (Å²) >= 11 is 0. The van der Waals surface area contributed by atoms with Gasteiger partial charge in [0.1, 0.15) is 12.4 Å². The molecule has 7 heteroatoms. The van der Waals surface area contributed by atoms with Crippen LogP contribution in [0.5, 0.6) is 0 Å². The third-order valence-electron chi connectivity index (χ3n) is 4.61. The van der Waals surface area contributed by atoms with Crippen LogP contribution in [0, 0.1) is 12.7 Å². The minimum atomic E-state index is -0.837. The molecule has 0 aliphatic rings. The van der Waals surface area contributed by atoms with E-state index in [1.165, 1.54) is 36.2 Å². The number of carbonyl (C=O) groups is 1. The Kier molecular flexibility index (Phi) is 6.39. The number of aryl methyl sites for hydroxylation is 2. The number of amides is 1. The third-order valence-corrected chi connectivity index (χ3v) is 4.61.